The number of hydrogen-bond donors (Lipinski definition) is 1. The third-order valence-electron chi connectivity index (χ3n) is 4.09. The van der Waals surface area contributed by atoms with E-state index in [0.717, 1.165) is 0 Å². The van der Waals surface area contributed by atoms with Gasteiger partial charge in [0.2, 0.25) is 0 Å². The Morgan fingerprint density at radius 3 is 2.27 bits per heavy atom. The van der Waals surface area contributed by atoms with Gasteiger partial charge in [-0.2, -0.15) is 0 Å². The predicted octanol–water partition coefficient (Wildman–Crippen LogP) is 4.08. The Morgan fingerprint density at radius 2 is 1.54 bits per heavy atom. The fraction of sp³-hybridized carbons (Fsp3) is 0.263. The fourth-order valence-electron chi connectivity index (χ4n) is 2.69. The molecule has 136 valence electrons. The normalized spacial score (nSPS) is 14.5. The van der Waals surface area contributed by atoms with Crippen molar-refractivity contribution in [1.29, 1.82) is 0 Å². The van der Waals surface area contributed by atoms with Gasteiger partial charge in [0.15, 0.2) is 0 Å². The van der Waals surface area contributed by atoms with Gasteiger partial charge in [0.05, 0.1) is 0 Å². The molecule has 0 radical (unpaired) electrons. The Balaban J connectivity index is 1.53. The van der Waals surface area contributed by atoms with Crippen LogP contribution in [0.2, 0.25) is 5.02 Å². The zero-order valence-corrected chi connectivity index (χ0v) is 15.0. The van der Waals surface area contributed by atoms with Gasteiger partial charge in [-0.15, -0.1) is 0 Å². The Morgan fingerprint density at radius 1 is 0.885 bits per heavy atom. The van der Waals surface area contributed by atoms with Gasteiger partial charge < -0.3 is 19.9 Å². The Labute approximate surface area is 157 Å². The second kappa shape index (κ2) is 8.58. The van der Waals surface area contributed by atoms with Crippen LogP contribution in [0.25, 0.3) is 0 Å². The quantitative estimate of drug-likeness (QED) is 0.862. The molecule has 1 heterocycles. The van der Waals surface area contributed by atoms with Crippen molar-refractivity contribution in [3.63, 3.8) is 0 Å². The maximum absolute atomic E-state index is 12.4. The molecule has 2 aromatic carbocycles. The summed E-state index contributed by atoms with van der Waals surface area (Å²) in [5.41, 5.74) is 0.684. The highest BCUT2D eigenvalue weighted by Gasteiger charge is 2.23. The molecule has 7 heteroatoms. The SMILES string of the molecule is O=C(Nc1ccc(Cl)cc1)N1CCCN(C(=O)Oc2ccccc2)CC1. The second-order valence-corrected chi connectivity index (χ2v) is 6.38. The molecule has 0 spiro atoms. The van der Waals surface area contributed by atoms with Gasteiger partial charge in [0.1, 0.15) is 5.75 Å². The van der Waals surface area contributed by atoms with E-state index in [1.54, 1.807) is 46.2 Å². The molecule has 0 aliphatic carbocycles. The van der Waals surface area contributed by atoms with Gasteiger partial charge in [-0.05, 0) is 42.8 Å². The summed E-state index contributed by atoms with van der Waals surface area (Å²) in [6.07, 6.45) is 0.300. The average molecular weight is 374 g/mol. The van der Waals surface area contributed by atoms with Crippen LogP contribution in [-0.4, -0.2) is 48.1 Å². The number of urea groups is 1. The molecule has 1 N–H and O–H groups in total. The lowest BCUT2D eigenvalue weighted by atomic mass is 10.3. The molecule has 2 aromatic rings. The number of para-hydroxylation sites is 1. The number of benzene rings is 2. The van der Waals surface area contributed by atoms with Crippen molar-refractivity contribution in [2.75, 3.05) is 31.5 Å². The maximum Gasteiger partial charge on any atom is 0.415 e. The van der Waals surface area contributed by atoms with E-state index < -0.39 is 6.09 Å². The van der Waals surface area contributed by atoms with Gasteiger partial charge in [-0.25, -0.2) is 9.59 Å². The highest BCUT2D eigenvalue weighted by Crippen LogP contribution is 2.15. The van der Waals surface area contributed by atoms with Crippen LogP contribution >= 0.6 is 11.6 Å². The third kappa shape index (κ3) is 4.89. The largest absolute Gasteiger partial charge is 0.415 e. The number of hydrogen-bond acceptors (Lipinski definition) is 3. The van der Waals surface area contributed by atoms with Crippen LogP contribution in [0.15, 0.2) is 54.6 Å². The molecule has 3 rings (SSSR count). The summed E-state index contributed by atoms with van der Waals surface area (Å²) in [4.78, 5) is 28.0. The third-order valence-corrected chi connectivity index (χ3v) is 4.34. The molecule has 0 bridgehead atoms. The lowest BCUT2D eigenvalue weighted by Crippen LogP contribution is -2.40. The summed E-state index contributed by atoms with van der Waals surface area (Å²) in [6, 6.07) is 15.7. The van der Waals surface area contributed by atoms with Crippen molar-refractivity contribution >= 4 is 29.4 Å². The van der Waals surface area contributed by atoms with E-state index >= 15 is 0 Å². The van der Waals surface area contributed by atoms with Gasteiger partial charge in [0, 0.05) is 36.9 Å². The topological polar surface area (TPSA) is 61.9 Å². The molecule has 0 aromatic heterocycles. The minimum Gasteiger partial charge on any atom is -0.410 e. The van der Waals surface area contributed by atoms with Crippen molar-refractivity contribution in [3.8, 4) is 5.75 Å². The number of rotatable bonds is 2. The van der Waals surface area contributed by atoms with E-state index in [-0.39, 0.29) is 6.03 Å². The Kier molecular flexibility index (Phi) is 5.96. The molecule has 1 aliphatic heterocycles. The number of carbonyl (C=O) groups is 2. The summed E-state index contributed by atoms with van der Waals surface area (Å²) in [6.45, 7) is 2.01. The highest BCUT2D eigenvalue weighted by molar-refractivity contribution is 6.30. The first-order valence-corrected chi connectivity index (χ1v) is 8.83. The van der Waals surface area contributed by atoms with Crippen LogP contribution in [0.1, 0.15) is 6.42 Å². The smallest absolute Gasteiger partial charge is 0.410 e. The average Bonchev–Trinajstić information content (AvgIpc) is 2.91. The molecule has 0 atom stereocenters. The molecule has 6 nitrogen and oxygen atoms in total. The Bertz CT molecular complexity index is 752. The predicted molar refractivity (Wildman–Crippen MR) is 101 cm³/mol. The first-order valence-electron chi connectivity index (χ1n) is 8.45. The van der Waals surface area contributed by atoms with Gasteiger partial charge in [0.25, 0.3) is 0 Å². The number of nitrogens with one attached hydrogen (secondary N) is 1. The number of amides is 3. The lowest BCUT2D eigenvalue weighted by Gasteiger charge is -2.22. The molecule has 1 saturated heterocycles. The van der Waals surface area contributed by atoms with Crippen LogP contribution in [-0.2, 0) is 0 Å². The van der Waals surface area contributed by atoms with E-state index in [4.69, 9.17) is 16.3 Å². The summed E-state index contributed by atoms with van der Waals surface area (Å²) >= 11 is 5.85. The summed E-state index contributed by atoms with van der Waals surface area (Å²) in [5.74, 6) is 0.513. The van der Waals surface area contributed by atoms with Crippen molar-refractivity contribution < 1.29 is 14.3 Å². The second-order valence-electron chi connectivity index (χ2n) is 5.95. The molecule has 26 heavy (non-hydrogen) atoms. The van der Waals surface area contributed by atoms with Gasteiger partial charge in [-0.1, -0.05) is 29.8 Å². The monoisotopic (exact) mass is 373 g/mol. The van der Waals surface area contributed by atoms with E-state index in [2.05, 4.69) is 5.32 Å². The van der Waals surface area contributed by atoms with Crippen molar-refractivity contribution in [2.24, 2.45) is 0 Å². The van der Waals surface area contributed by atoms with E-state index in [0.29, 0.717) is 49.1 Å². The molecular weight excluding hydrogens is 354 g/mol. The van der Waals surface area contributed by atoms with E-state index in [1.807, 2.05) is 18.2 Å². The van der Waals surface area contributed by atoms with Crippen LogP contribution in [0, 0.1) is 0 Å². The standard InChI is InChI=1S/C19H20ClN3O3/c20-15-7-9-16(10-8-15)21-18(24)22-11-4-12-23(14-13-22)19(25)26-17-5-2-1-3-6-17/h1-3,5-10H,4,11-14H2,(H,21,24). The molecule has 0 unspecified atom stereocenters. The van der Waals surface area contributed by atoms with Crippen LogP contribution in [0.5, 0.6) is 5.75 Å². The first kappa shape index (κ1) is 18.1. The molecule has 0 saturated carbocycles. The minimum atomic E-state index is -0.392. The fourth-order valence-corrected chi connectivity index (χ4v) is 2.82. The maximum atomic E-state index is 12.4. The van der Waals surface area contributed by atoms with Crippen molar-refractivity contribution in [2.45, 2.75) is 6.42 Å². The van der Waals surface area contributed by atoms with E-state index in [9.17, 15) is 9.59 Å². The lowest BCUT2D eigenvalue weighted by molar-refractivity contribution is 0.153. The van der Waals surface area contributed by atoms with Crippen LogP contribution < -0.4 is 10.1 Å². The first-order chi connectivity index (χ1) is 12.6. The zero-order valence-electron chi connectivity index (χ0n) is 14.2. The minimum absolute atomic E-state index is 0.189. The van der Waals surface area contributed by atoms with Crippen LogP contribution in [0.3, 0.4) is 0 Å². The molecule has 1 fully saturated rings. The Hall–Kier alpha value is -2.73. The zero-order chi connectivity index (χ0) is 18.4. The summed E-state index contributed by atoms with van der Waals surface area (Å²) in [5, 5.41) is 3.46. The molecule has 1 aliphatic rings. The number of anilines is 1. The summed E-state index contributed by atoms with van der Waals surface area (Å²) < 4.78 is 5.37. The van der Waals surface area contributed by atoms with Crippen molar-refractivity contribution in [3.05, 3.63) is 59.6 Å². The number of ether oxygens (including phenoxy) is 1. The van der Waals surface area contributed by atoms with Gasteiger partial charge >= 0.3 is 12.1 Å². The van der Waals surface area contributed by atoms with Crippen LogP contribution in [0.4, 0.5) is 15.3 Å². The molecule has 3 amide bonds. The summed E-state index contributed by atoms with van der Waals surface area (Å²) in [7, 11) is 0. The number of halogens is 1. The van der Waals surface area contributed by atoms with Gasteiger partial charge in [-0.3, -0.25) is 0 Å². The highest BCUT2D eigenvalue weighted by atomic mass is 35.5. The van der Waals surface area contributed by atoms with E-state index in [1.165, 1.54) is 0 Å². The van der Waals surface area contributed by atoms with Crippen molar-refractivity contribution in [1.82, 2.24) is 9.80 Å². The number of carbonyl (C=O) groups excluding carboxylic acids is 2. The number of nitrogens with zero attached hydrogens (tertiary/aromatic N) is 2. The molecular formula is C19H20ClN3O3.